The van der Waals surface area contributed by atoms with Gasteiger partial charge in [0.05, 0.1) is 6.33 Å². The first-order valence-electron chi connectivity index (χ1n) is 6.38. The molecule has 1 aliphatic heterocycles. The van der Waals surface area contributed by atoms with E-state index in [0.717, 1.165) is 0 Å². The van der Waals surface area contributed by atoms with Crippen molar-refractivity contribution in [2.24, 2.45) is 0 Å². The van der Waals surface area contributed by atoms with E-state index >= 15 is 0 Å². The van der Waals surface area contributed by atoms with Gasteiger partial charge in [-0.3, -0.25) is 4.79 Å². The summed E-state index contributed by atoms with van der Waals surface area (Å²) in [6.45, 7) is 2.83. The quantitative estimate of drug-likeness (QED) is 0.915. The Kier molecular flexibility index (Phi) is 3.28. The topological polar surface area (TPSA) is 65.4 Å². The number of rotatable bonds is 4. The number of amides is 1. The summed E-state index contributed by atoms with van der Waals surface area (Å²) in [7, 11) is 0. The lowest BCUT2D eigenvalue weighted by atomic mass is 10.1. The van der Waals surface area contributed by atoms with Gasteiger partial charge in [-0.25, -0.2) is 4.98 Å². The first-order chi connectivity index (χ1) is 9.72. The summed E-state index contributed by atoms with van der Waals surface area (Å²) in [5.41, 5.74) is 0.562. The number of nitrogens with zero attached hydrogens (tertiary/aromatic N) is 2. The van der Waals surface area contributed by atoms with Crippen LogP contribution in [0.1, 0.15) is 17.3 Å². The van der Waals surface area contributed by atoms with Crippen molar-refractivity contribution >= 4 is 5.91 Å². The zero-order valence-electron chi connectivity index (χ0n) is 11.1. The molecule has 1 amide bonds. The zero-order valence-corrected chi connectivity index (χ0v) is 11.1. The van der Waals surface area contributed by atoms with Crippen molar-refractivity contribution < 1.29 is 14.3 Å². The Bertz CT molecular complexity index is 610. The van der Waals surface area contributed by atoms with Gasteiger partial charge in [-0.05, 0) is 25.1 Å². The van der Waals surface area contributed by atoms with Crippen molar-refractivity contribution in [2.45, 2.75) is 19.5 Å². The van der Waals surface area contributed by atoms with Crippen molar-refractivity contribution in [1.82, 2.24) is 14.9 Å². The molecule has 1 aromatic heterocycles. The lowest BCUT2D eigenvalue weighted by molar-refractivity contribution is 0.0936. The average Bonchev–Trinajstić information content (AvgIpc) is 3.07. The summed E-state index contributed by atoms with van der Waals surface area (Å²) in [5, 5.41) is 2.94. The Morgan fingerprint density at radius 2 is 2.30 bits per heavy atom. The van der Waals surface area contributed by atoms with Crippen LogP contribution in [0.3, 0.4) is 0 Å². The number of fused-ring (bicyclic) bond motifs is 1. The van der Waals surface area contributed by atoms with E-state index in [1.807, 2.05) is 17.7 Å². The fourth-order valence-corrected chi connectivity index (χ4v) is 2.10. The molecule has 0 aliphatic carbocycles. The third-order valence-electron chi connectivity index (χ3n) is 3.06. The number of aromatic nitrogens is 2. The van der Waals surface area contributed by atoms with E-state index in [9.17, 15) is 4.79 Å². The van der Waals surface area contributed by atoms with Gasteiger partial charge in [0.25, 0.3) is 5.91 Å². The Balaban J connectivity index is 1.64. The molecular weight excluding hydrogens is 258 g/mol. The molecule has 0 unspecified atom stereocenters. The maximum absolute atomic E-state index is 12.2. The van der Waals surface area contributed by atoms with Crippen LogP contribution in [0.4, 0.5) is 0 Å². The highest BCUT2D eigenvalue weighted by Gasteiger charge is 2.17. The molecule has 2 aromatic rings. The molecule has 0 spiro atoms. The van der Waals surface area contributed by atoms with E-state index in [1.54, 1.807) is 30.7 Å². The molecule has 1 aromatic carbocycles. The molecule has 20 heavy (non-hydrogen) atoms. The highest BCUT2D eigenvalue weighted by atomic mass is 16.7. The minimum atomic E-state index is -0.129. The van der Waals surface area contributed by atoms with Gasteiger partial charge in [-0.2, -0.15) is 0 Å². The van der Waals surface area contributed by atoms with Gasteiger partial charge in [-0.15, -0.1) is 0 Å². The van der Waals surface area contributed by atoms with E-state index in [2.05, 4.69) is 10.3 Å². The number of imidazole rings is 1. The number of carbonyl (C=O) groups excluding carboxylic acids is 1. The van der Waals surface area contributed by atoms with Gasteiger partial charge in [0, 0.05) is 30.5 Å². The number of hydrogen-bond donors (Lipinski definition) is 1. The lowest BCUT2D eigenvalue weighted by Gasteiger charge is -2.14. The summed E-state index contributed by atoms with van der Waals surface area (Å²) in [4.78, 5) is 16.1. The molecular formula is C14H15N3O3. The predicted octanol–water partition coefficient (Wildman–Crippen LogP) is 1.43. The van der Waals surface area contributed by atoms with Crippen LogP contribution < -0.4 is 14.8 Å². The highest BCUT2D eigenvalue weighted by molar-refractivity contribution is 5.95. The van der Waals surface area contributed by atoms with E-state index in [-0.39, 0.29) is 18.7 Å². The molecule has 0 saturated carbocycles. The van der Waals surface area contributed by atoms with Crippen LogP contribution >= 0.6 is 0 Å². The third kappa shape index (κ3) is 2.59. The highest BCUT2D eigenvalue weighted by Crippen LogP contribution is 2.32. The molecule has 0 saturated heterocycles. The van der Waals surface area contributed by atoms with Crippen LogP contribution in [0.2, 0.25) is 0 Å². The predicted molar refractivity (Wildman–Crippen MR) is 71.7 cm³/mol. The van der Waals surface area contributed by atoms with E-state index in [0.29, 0.717) is 23.6 Å². The monoisotopic (exact) mass is 273 g/mol. The molecule has 2 heterocycles. The maximum Gasteiger partial charge on any atom is 0.251 e. The molecule has 104 valence electrons. The standard InChI is InChI=1S/C14H15N3O3/c1-10(7-17-5-4-15-8-17)16-14(18)11-2-3-12-13(6-11)20-9-19-12/h2-6,8,10H,7,9H2,1H3,(H,16,18)/t10-/m0/s1. The first kappa shape index (κ1) is 12.5. The Hall–Kier alpha value is -2.50. The van der Waals surface area contributed by atoms with Crippen LogP contribution in [0, 0.1) is 0 Å². The van der Waals surface area contributed by atoms with Gasteiger partial charge >= 0.3 is 0 Å². The van der Waals surface area contributed by atoms with Gasteiger partial charge < -0.3 is 19.4 Å². The van der Waals surface area contributed by atoms with E-state index in [1.165, 1.54) is 0 Å². The number of hydrogen-bond acceptors (Lipinski definition) is 4. The molecule has 0 bridgehead atoms. The summed E-state index contributed by atoms with van der Waals surface area (Å²) in [6, 6.07) is 5.17. The summed E-state index contributed by atoms with van der Waals surface area (Å²) >= 11 is 0. The number of carbonyl (C=O) groups is 1. The Labute approximate surface area is 116 Å². The summed E-state index contributed by atoms with van der Waals surface area (Å²) < 4.78 is 12.4. The van der Waals surface area contributed by atoms with E-state index < -0.39 is 0 Å². The fraction of sp³-hybridized carbons (Fsp3) is 0.286. The molecule has 6 heteroatoms. The minimum absolute atomic E-state index is 0.00197. The minimum Gasteiger partial charge on any atom is -0.454 e. The normalized spacial score (nSPS) is 14.1. The molecule has 3 rings (SSSR count). The molecule has 1 aliphatic rings. The largest absolute Gasteiger partial charge is 0.454 e. The maximum atomic E-state index is 12.2. The molecule has 0 radical (unpaired) electrons. The number of nitrogens with one attached hydrogen (secondary N) is 1. The molecule has 6 nitrogen and oxygen atoms in total. The summed E-state index contributed by atoms with van der Waals surface area (Å²) in [6.07, 6.45) is 5.30. The van der Waals surface area contributed by atoms with Crippen LogP contribution in [-0.4, -0.2) is 28.3 Å². The second kappa shape index (κ2) is 5.24. The smallest absolute Gasteiger partial charge is 0.251 e. The van der Waals surface area contributed by atoms with Gasteiger partial charge in [0.2, 0.25) is 6.79 Å². The first-order valence-corrected chi connectivity index (χ1v) is 6.38. The SMILES string of the molecule is C[C@@H](Cn1ccnc1)NC(=O)c1ccc2c(c1)OCO2. The molecule has 0 fully saturated rings. The Morgan fingerprint density at radius 3 is 3.10 bits per heavy atom. The third-order valence-corrected chi connectivity index (χ3v) is 3.06. The van der Waals surface area contributed by atoms with Crippen LogP contribution in [-0.2, 0) is 6.54 Å². The second-order valence-electron chi connectivity index (χ2n) is 4.70. The van der Waals surface area contributed by atoms with Crippen LogP contribution in [0.5, 0.6) is 11.5 Å². The van der Waals surface area contributed by atoms with Crippen LogP contribution in [0.15, 0.2) is 36.9 Å². The fourth-order valence-electron chi connectivity index (χ4n) is 2.10. The van der Waals surface area contributed by atoms with Crippen molar-refractivity contribution in [3.63, 3.8) is 0 Å². The average molecular weight is 273 g/mol. The Morgan fingerprint density at radius 1 is 1.45 bits per heavy atom. The van der Waals surface area contributed by atoms with E-state index in [4.69, 9.17) is 9.47 Å². The van der Waals surface area contributed by atoms with Crippen molar-refractivity contribution in [1.29, 1.82) is 0 Å². The van der Waals surface area contributed by atoms with Crippen molar-refractivity contribution in [2.75, 3.05) is 6.79 Å². The van der Waals surface area contributed by atoms with Crippen LogP contribution in [0.25, 0.3) is 0 Å². The molecule has 1 N–H and O–H groups in total. The van der Waals surface area contributed by atoms with Crippen molar-refractivity contribution in [3.8, 4) is 11.5 Å². The molecule has 1 atom stereocenters. The number of ether oxygens (including phenoxy) is 2. The van der Waals surface area contributed by atoms with Gasteiger partial charge in [0.1, 0.15) is 0 Å². The zero-order chi connectivity index (χ0) is 13.9. The number of benzene rings is 1. The van der Waals surface area contributed by atoms with Gasteiger partial charge in [-0.1, -0.05) is 0 Å². The summed E-state index contributed by atoms with van der Waals surface area (Å²) in [5.74, 6) is 1.16. The van der Waals surface area contributed by atoms with Crippen molar-refractivity contribution in [3.05, 3.63) is 42.5 Å². The lowest BCUT2D eigenvalue weighted by Crippen LogP contribution is -2.35. The van der Waals surface area contributed by atoms with Gasteiger partial charge in [0.15, 0.2) is 11.5 Å². The second-order valence-corrected chi connectivity index (χ2v) is 4.70.